The molecule has 1 amide bonds. The normalized spacial score (nSPS) is 15.2. The van der Waals surface area contributed by atoms with Crippen LogP contribution in [-0.4, -0.2) is 43.4 Å². The van der Waals surface area contributed by atoms with Crippen molar-refractivity contribution >= 4 is 18.1 Å². The third-order valence-corrected chi connectivity index (χ3v) is 3.48. The molecule has 0 aromatic heterocycles. The smallest absolute Gasteiger partial charge is 0.442 e. The van der Waals surface area contributed by atoms with E-state index in [0.29, 0.717) is 6.42 Å². The Kier molecular flexibility index (Phi) is 5.19. The van der Waals surface area contributed by atoms with Crippen molar-refractivity contribution in [2.45, 2.75) is 24.7 Å². The molecule has 0 atom stereocenters. The zero-order valence-electron chi connectivity index (χ0n) is 13.4. The summed E-state index contributed by atoms with van der Waals surface area (Å²) >= 11 is 0. The molecule has 0 spiro atoms. The first-order valence-electron chi connectivity index (χ1n) is 7.20. The number of methoxy groups -OCH3 is 1. The number of rotatable bonds is 6. The minimum atomic E-state index is -4.61. The minimum Gasteiger partial charge on any atom is -0.469 e. The number of hydrogen-bond acceptors (Lipinski definition) is 6. The van der Waals surface area contributed by atoms with Gasteiger partial charge < -0.3 is 4.74 Å². The highest BCUT2D eigenvalue weighted by atomic mass is 19.4. The van der Waals surface area contributed by atoms with Gasteiger partial charge in [-0.1, -0.05) is 12.1 Å². The van der Waals surface area contributed by atoms with Crippen molar-refractivity contribution in [2.75, 3.05) is 14.2 Å². The third-order valence-electron chi connectivity index (χ3n) is 3.48. The molecule has 1 aromatic carbocycles. The van der Waals surface area contributed by atoms with E-state index >= 15 is 0 Å². The summed E-state index contributed by atoms with van der Waals surface area (Å²) in [5, 5.41) is 11.1. The summed E-state index contributed by atoms with van der Waals surface area (Å²) in [5.74, 6) is -0.905. The summed E-state index contributed by atoms with van der Waals surface area (Å²) in [5.41, 5.74) is -2.50. The van der Waals surface area contributed by atoms with Crippen LogP contribution in [0.1, 0.15) is 28.8 Å². The van der Waals surface area contributed by atoms with Crippen molar-refractivity contribution in [3.8, 4) is 0 Å². The molecular weight excluding hydrogens is 341 g/mol. The van der Waals surface area contributed by atoms with Crippen molar-refractivity contribution in [2.24, 2.45) is 15.3 Å². The molecule has 1 aliphatic rings. The topological polar surface area (TPSA) is 83.7 Å². The lowest BCUT2D eigenvalue weighted by atomic mass is 10.0. The molecule has 134 valence electrons. The van der Waals surface area contributed by atoms with E-state index in [2.05, 4.69) is 20.1 Å². The maximum Gasteiger partial charge on any atom is 0.442 e. The van der Waals surface area contributed by atoms with Gasteiger partial charge in [-0.2, -0.15) is 18.3 Å². The van der Waals surface area contributed by atoms with Gasteiger partial charge in [-0.3, -0.25) is 9.59 Å². The molecular formula is C15H15F3N4O3. The zero-order valence-corrected chi connectivity index (χ0v) is 13.4. The highest BCUT2D eigenvalue weighted by Crippen LogP contribution is 2.52. The van der Waals surface area contributed by atoms with Gasteiger partial charge in [0.05, 0.1) is 13.5 Å². The van der Waals surface area contributed by atoms with E-state index in [4.69, 9.17) is 0 Å². The third kappa shape index (κ3) is 4.01. The van der Waals surface area contributed by atoms with Crippen LogP contribution in [0.5, 0.6) is 0 Å². The highest BCUT2D eigenvalue weighted by Gasteiger charge is 2.65. The number of hydrazone groups is 1. The lowest BCUT2D eigenvalue weighted by Crippen LogP contribution is -2.30. The number of hydrogen-bond donors (Lipinski definition) is 0. The van der Waals surface area contributed by atoms with Crippen molar-refractivity contribution < 1.29 is 27.5 Å². The molecule has 1 heterocycles. The second-order valence-corrected chi connectivity index (χ2v) is 5.19. The van der Waals surface area contributed by atoms with Crippen LogP contribution in [-0.2, 0) is 15.2 Å². The van der Waals surface area contributed by atoms with Crippen LogP contribution < -0.4 is 0 Å². The van der Waals surface area contributed by atoms with E-state index in [9.17, 15) is 22.8 Å². The van der Waals surface area contributed by atoms with Crippen LogP contribution in [0.4, 0.5) is 13.2 Å². The molecule has 0 saturated heterocycles. The summed E-state index contributed by atoms with van der Waals surface area (Å²) in [4.78, 5) is 23.1. The molecule has 0 radical (unpaired) electrons. The van der Waals surface area contributed by atoms with Crippen LogP contribution in [0.3, 0.4) is 0 Å². The van der Waals surface area contributed by atoms with Gasteiger partial charge in [0.15, 0.2) is 0 Å². The quantitative estimate of drug-likeness (QED) is 0.446. The number of esters is 1. The molecule has 0 aliphatic carbocycles. The van der Waals surface area contributed by atoms with E-state index in [0.717, 1.165) is 17.1 Å². The van der Waals surface area contributed by atoms with Gasteiger partial charge in [0.25, 0.3) is 5.91 Å². The van der Waals surface area contributed by atoms with E-state index in [1.54, 1.807) is 0 Å². The number of alkyl halides is 3. The first-order valence-corrected chi connectivity index (χ1v) is 7.20. The number of carbonyl (C=O) groups is 2. The summed E-state index contributed by atoms with van der Waals surface area (Å²) < 4.78 is 43.2. The average Bonchev–Trinajstić information content (AvgIpc) is 3.39. The standard InChI is InChI=1S/C15H15F3N4O3/c1-22(19-9-3-4-12(23)25-2)13(24)10-5-7-11(8-6-10)14(20-21-14)15(16,17)18/h5-9H,3-4H2,1-2H3/b19-9+. The lowest BCUT2D eigenvalue weighted by molar-refractivity contribution is -0.166. The SMILES string of the molecule is COC(=O)CC/C=N/N(C)C(=O)c1ccc(C2(C(F)(F)F)N=N2)cc1. The fourth-order valence-corrected chi connectivity index (χ4v) is 1.99. The van der Waals surface area contributed by atoms with Gasteiger partial charge >= 0.3 is 17.8 Å². The van der Waals surface area contributed by atoms with Crippen LogP contribution in [0.2, 0.25) is 0 Å². The Hall–Kier alpha value is -2.78. The number of nitrogens with zero attached hydrogens (tertiary/aromatic N) is 4. The predicted molar refractivity (Wildman–Crippen MR) is 80.9 cm³/mol. The molecule has 1 aromatic rings. The Labute approximate surface area is 141 Å². The van der Waals surface area contributed by atoms with Crippen LogP contribution >= 0.6 is 0 Å². The Morgan fingerprint density at radius 2 is 1.88 bits per heavy atom. The fraction of sp³-hybridized carbons (Fsp3) is 0.400. The van der Waals surface area contributed by atoms with Crippen molar-refractivity contribution in [3.63, 3.8) is 0 Å². The number of amides is 1. The van der Waals surface area contributed by atoms with Gasteiger partial charge in [0, 0.05) is 24.4 Å². The number of ether oxygens (including phenoxy) is 1. The average molecular weight is 356 g/mol. The largest absolute Gasteiger partial charge is 0.469 e. The summed E-state index contributed by atoms with van der Waals surface area (Å²) in [7, 11) is 2.66. The van der Waals surface area contributed by atoms with Gasteiger partial charge in [0.2, 0.25) is 0 Å². The molecule has 0 N–H and O–H groups in total. The minimum absolute atomic E-state index is 0.128. The van der Waals surface area contributed by atoms with Crippen LogP contribution in [0.15, 0.2) is 39.6 Å². The molecule has 0 unspecified atom stereocenters. The van der Waals surface area contributed by atoms with Gasteiger partial charge in [-0.25, -0.2) is 5.01 Å². The fourth-order valence-electron chi connectivity index (χ4n) is 1.99. The highest BCUT2D eigenvalue weighted by molar-refractivity contribution is 5.94. The summed E-state index contributed by atoms with van der Waals surface area (Å²) in [6.07, 6.45) is -2.81. The van der Waals surface area contributed by atoms with Crippen molar-refractivity contribution in [3.05, 3.63) is 35.4 Å². The number of halogens is 3. The Morgan fingerprint density at radius 3 is 2.36 bits per heavy atom. The Bertz CT molecular complexity index is 708. The Morgan fingerprint density at radius 1 is 1.28 bits per heavy atom. The van der Waals surface area contributed by atoms with E-state index < -0.39 is 23.7 Å². The monoisotopic (exact) mass is 356 g/mol. The molecule has 0 bridgehead atoms. The van der Waals surface area contributed by atoms with Gasteiger partial charge in [0.1, 0.15) is 0 Å². The van der Waals surface area contributed by atoms with E-state index in [1.165, 1.54) is 32.5 Å². The second-order valence-electron chi connectivity index (χ2n) is 5.19. The molecule has 25 heavy (non-hydrogen) atoms. The molecule has 0 fully saturated rings. The maximum absolute atomic E-state index is 12.9. The van der Waals surface area contributed by atoms with Crippen LogP contribution in [0, 0.1) is 0 Å². The predicted octanol–water partition coefficient (Wildman–Crippen LogP) is 2.88. The van der Waals surface area contributed by atoms with E-state index in [-0.39, 0.29) is 17.5 Å². The second kappa shape index (κ2) is 6.99. The first kappa shape index (κ1) is 18.6. The Balaban J connectivity index is 1.99. The lowest BCUT2D eigenvalue weighted by Gasteiger charge is -2.15. The molecule has 1 aliphatic heterocycles. The zero-order chi connectivity index (χ0) is 18.7. The number of carbonyl (C=O) groups excluding carboxylic acids is 2. The first-order chi connectivity index (χ1) is 11.7. The van der Waals surface area contributed by atoms with Crippen molar-refractivity contribution in [1.29, 1.82) is 0 Å². The molecule has 0 saturated carbocycles. The van der Waals surface area contributed by atoms with E-state index in [1.807, 2.05) is 0 Å². The summed E-state index contributed by atoms with van der Waals surface area (Å²) in [6, 6.07) is 4.84. The van der Waals surface area contributed by atoms with Gasteiger partial charge in [-0.15, -0.1) is 10.2 Å². The number of benzene rings is 1. The van der Waals surface area contributed by atoms with Crippen LogP contribution in [0.25, 0.3) is 0 Å². The molecule has 10 heteroatoms. The van der Waals surface area contributed by atoms with Gasteiger partial charge in [-0.05, 0) is 18.6 Å². The van der Waals surface area contributed by atoms with Crippen molar-refractivity contribution in [1.82, 2.24) is 5.01 Å². The summed E-state index contributed by atoms with van der Waals surface area (Å²) in [6.45, 7) is 0. The molecule has 7 nitrogen and oxygen atoms in total. The molecule has 2 rings (SSSR count). The maximum atomic E-state index is 12.9.